The van der Waals surface area contributed by atoms with Crippen molar-refractivity contribution in [2.75, 3.05) is 0 Å². The van der Waals surface area contributed by atoms with Crippen LogP contribution >= 0.6 is 11.8 Å². The number of rotatable bonds is 4. The number of benzene rings is 2. The summed E-state index contributed by atoms with van der Waals surface area (Å²) >= 11 is 1.60. The minimum absolute atomic E-state index is 0.0177. The van der Waals surface area contributed by atoms with Crippen LogP contribution in [0, 0.1) is 22.6 Å². The highest BCUT2D eigenvalue weighted by atomic mass is 32.2. The Bertz CT molecular complexity index is 1410. The molecule has 2 aliphatic rings. The van der Waals surface area contributed by atoms with E-state index in [0.717, 1.165) is 45.7 Å². The zero-order valence-corrected chi connectivity index (χ0v) is 20.3. The first-order chi connectivity index (χ1) is 16.3. The molecule has 2 aromatic heterocycles. The summed E-state index contributed by atoms with van der Waals surface area (Å²) < 4.78 is 15.6. The lowest BCUT2D eigenvalue weighted by Gasteiger charge is -2.32. The number of Topliss-reactive ketones (excluding diaryl/α,β-unsaturated/α-hetero) is 1. The molecule has 2 saturated carbocycles. The molecule has 6 heteroatoms. The van der Waals surface area contributed by atoms with Crippen LogP contribution in [0.4, 0.5) is 4.39 Å². The molecule has 2 aliphatic carbocycles. The molecule has 4 aromatic rings. The summed E-state index contributed by atoms with van der Waals surface area (Å²) in [6, 6.07) is 16.6. The summed E-state index contributed by atoms with van der Waals surface area (Å²) in [5, 5.41) is 1.65. The molecule has 0 saturated heterocycles. The van der Waals surface area contributed by atoms with Gasteiger partial charge in [0.05, 0.1) is 10.6 Å². The number of nitrogens with zero attached hydrogens (tertiary/aromatic N) is 3. The van der Waals surface area contributed by atoms with Gasteiger partial charge in [-0.2, -0.15) is 0 Å². The number of carbonyl (C=O) groups excluding carboxylic acids is 1. The van der Waals surface area contributed by atoms with E-state index in [1.807, 2.05) is 29.0 Å². The quantitative estimate of drug-likeness (QED) is 0.310. The van der Waals surface area contributed by atoms with E-state index in [4.69, 9.17) is 4.98 Å². The molecule has 2 bridgehead atoms. The van der Waals surface area contributed by atoms with Crippen molar-refractivity contribution >= 4 is 28.6 Å². The maximum Gasteiger partial charge on any atom is 0.152 e. The second kappa shape index (κ2) is 7.51. The molecule has 2 heterocycles. The van der Waals surface area contributed by atoms with Gasteiger partial charge in [-0.1, -0.05) is 62.9 Å². The molecule has 3 unspecified atom stereocenters. The van der Waals surface area contributed by atoms with E-state index < -0.39 is 0 Å². The topological polar surface area (TPSA) is 47.8 Å². The number of hydrogen-bond acceptors (Lipinski definition) is 4. The molecule has 0 spiro atoms. The number of fused-ring (bicyclic) bond motifs is 3. The van der Waals surface area contributed by atoms with Gasteiger partial charge in [-0.25, -0.2) is 14.4 Å². The second-order valence-corrected chi connectivity index (χ2v) is 11.4. The first-order valence-corrected chi connectivity index (χ1v) is 12.6. The Morgan fingerprint density at radius 3 is 2.44 bits per heavy atom. The first kappa shape index (κ1) is 21.5. The van der Waals surface area contributed by atoms with Gasteiger partial charge < -0.3 is 4.57 Å². The lowest BCUT2D eigenvalue weighted by molar-refractivity contribution is -0.127. The fraction of sp³-hybridized carbons (Fsp3) is 0.321. The van der Waals surface area contributed by atoms with Crippen LogP contribution in [0.5, 0.6) is 0 Å². The van der Waals surface area contributed by atoms with Gasteiger partial charge in [-0.3, -0.25) is 4.79 Å². The summed E-state index contributed by atoms with van der Waals surface area (Å²) in [6.45, 7) is 6.64. The SMILES string of the molecule is CC12CCC(C(Sc3ncnc4c3c(-c3ccccc3)cn4-c3ccc(F)cc3)C1=O)C2(C)C. The van der Waals surface area contributed by atoms with Crippen molar-refractivity contribution in [2.45, 2.75) is 43.9 Å². The zero-order chi connectivity index (χ0) is 23.7. The van der Waals surface area contributed by atoms with Crippen LogP contribution < -0.4 is 0 Å². The van der Waals surface area contributed by atoms with Gasteiger partial charge in [-0.05, 0) is 54.0 Å². The number of ketones is 1. The summed E-state index contributed by atoms with van der Waals surface area (Å²) in [5.41, 5.74) is 3.34. The highest BCUT2D eigenvalue weighted by molar-refractivity contribution is 8.00. The fourth-order valence-corrected chi connectivity index (χ4v) is 7.69. The van der Waals surface area contributed by atoms with Crippen LogP contribution in [-0.2, 0) is 4.79 Å². The number of aromatic nitrogens is 3. The van der Waals surface area contributed by atoms with Crippen molar-refractivity contribution in [3.63, 3.8) is 0 Å². The van der Waals surface area contributed by atoms with E-state index in [1.165, 1.54) is 12.1 Å². The molecule has 4 nitrogen and oxygen atoms in total. The minimum atomic E-state index is -0.278. The Balaban J connectivity index is 1.52. The van der Waals surface area contributed by atoms with E-state index in [1.54, 1.807) is 30.2 Å². The third-order valence-electron chi connectivity index (χ3n) is 8.45. The zero-order valence-electron chi connectivity index (χ0n) is 19.5. The van der Waals surface area contributed by atoms with Crippen LogP contribution in [0.1, 0.15) is 33.6 Å². The van der Waals surface area contributed by atoms with Crippen molar-refractivity contribution in [3.8, 4) is 16.8 Å². The first-order valence-electron chi connectivity index (χ1n) is 11.7. The van der Waals surface area contributed by atoms with Gasteiger partial charge in [0, 0.05) is 22.9 Å². The number of hydrogen-bond donors (Lipinski definition) is 0. The van der Waals surface area contributed by atoms with E-state index in [9.17, 15) is 9.18 Å². The summed E-state index contributed by atoms with van der Waals surface area (Å²) in [4.78, 5) is 22.9. The van der Waals surface area contributed by atoms with Gasteiger partial charge in [-0.15, -0.1) is 0 Å². The van der Waals surface area contributed by atoms with Gasteiger partial charge in [0.25, 0.3) is 0 Å². The minimum Gasteiger partial charge on any atom is -0.301 e. The smallest absolute Gasteiger partial charge is 0.152 e. The Hall–Kier alpha value is -2.99. The average molecular weight is 472 g/mol. The lowest BCUT2D eigenvalue weighted by Crippen LogP contribution is -2.34. The number of halogens is 1. The highest BCUT2D eigenvalue weighted by Gasteiger charge is 2.66. The fourth-order valence-electron chi connectivity index (χ4n) is 6.02. The highest BCUT2D eigenvalue weighted by Crippen LogP contribution is 2.66. The molecule has 2 aromatic carbocycles. The predicted molar refractivity (Wildman–Crippen MR) is 134 cm³/mol. The van der Waals surface area contributed by atoms with Crippen molar-refractivity contribution < 1.29 is 9.18 Å². The molecular weight excluding hydrogens is 445 g/mol. The standard InChI is InChI=1S/C28H26FN3OS/c1-27(2)21-13-14-28(27,3)24(33)23(21)34-26-22-20(17-7-5-4-6-8-17)15-32(25(22)30-16-31-26)19-11-9-18(29)10-12-19/h4-12,15-16,21,23H,13-14H2,1-3H3. The van der Waals surface area contributed by atoms with E-state index in [2.05, 4.69) is 37.9 Å². The third kappa shape index (κ3) is 2.94. The van der Waals surface area contributed by atoms with Crippen molar-refractivity contribution in [1.82, 2.24) is 14.5 Å². The van der Waals surface area contributed by atoms with E-state index in [0.29, 0.717) is 11.7 Å². The van der Waals surface area contributed by atoms with Crippen molar-refractivity contribution in [3.05, 3.63) is 72.9 Å². The van der Waals surface area contributed by atoms with Gasteiger partial charge in [0.2, 0.25) is 0 Å². The second-order valence-electron chi connectivity index (χ2n) is 10.2. The molecule has 0 radical (unpaired) electrons. The molecule has 2 fully saturated rings. The van der Waals surface area contributed by atoms with Crippen LogP contribution in [-0.4, -0.2) is 25.6 Å². The van der Waals surface area contributed by atoms with Crippen molar-refractivity contribution in [2.24, 2.45) is 16.7 Å². The van der Waals surface area contributed by atoms with Crippen LogP contribution in [0.25, 0.3) is 27.8 Å². The Labute approximate surface area is 202 Å². The molecule has 172 valence electrons. The largest absolute Gasteiger partial charge is 0.301 e. The Morgan fingerprint density at radius 2 is 1.76 bits per heavy atom. The maximum atomic E-state index is 13.6. The number of carbonyl (C=O) groups is 1. The molecule has 0 aliphatic heterocycles. The molecule has 0 amide bonds. The average Bonchev–Trinajstić information content (AvgIpc) is 3.38. The van der Waals surface area contributed by atoms with Gasteiger partial charge in [0.1, 0.15) is 22.8 Å². The monoisotopic (exact) mass is 471 g/mol. The molecular formula is C28H26FN3OS. The molecule has 0 N–H and O–H groups in total. The lowest BCUT2D eigenvalue weighted by atomic mass is 9.70. The molecule has 34 heavy (non-hydrogen) atoms. The summed E-state index contributed by atoms with van der Waals surface area (Å²) in [6.07, 6.45) is 5.66. The number of thioether (sulfide) groups is 1. The maximum absolute atomic E-state index is 13.6. The summed E-state index contributed by atoms with van der Waals surface area (Å²) in [5.74, 6) is 0.407. The van der Waals surface area contributed by atoms with Gasteiger partial charge >= 0.3 is 0 Å². The Morgan fingerprint density at radius 1 is 1.03 bits per heavy atom. The van der Waals surface area contributed by atoms with Crippen LogP contribution in [0.15, 0.2) is 72.1 Å². The molecule has 6 rings (SSSR count). The predicted octanol–water partition coefficient (Wildman–Crippen LogP) is 6.71. The Kier molecular flexibility index (Phi) is 4.75. The van der Waals surface area contributed by atoms with E-state index >= 15 is 0 Å². The van der Waals surface area contributed by atoms with Crippen LogP contribution in [0.2, 0.25) is 0 Å². The van der Waals surface area contributed by atoms with E-state index in [-0.39, 0.29) is 21.9 Å². The summed E-state index contributed by atoms with van der Waals surface area (Å²) in [7, 11) is 0. The van der Waals surface area contributed by atoms with Crippen LogP contribution in [0.3, 0.4) is 0 Å². The normalized spacial score (nSPS) is 25.4. The molecule has 3 atom stereocenters. The van der Waals surface area contributed by atoms with Gasteiger partial charge in [0.15, 0.2) is 5.78 Å². The van der Waals surface area contributed by atoms with Crippen molar-refractivity contribution in [1.29, 1.82) is 0 Å². The third-order valence-corrected chi connectivity index (χ3v) is 9.78.